The Hall–Kier alpha value is -4.59. The highest BCUT2D eigenvalue weighted by molar-refractivity contribution is 5.93. The van der Waals surface area contributed by atoms with Gasteiger partial charge in [0, 0.05) is 32.0 Å². The van der Waals surface area contributed by atoms with E-state index in [9.17, 15) is 9.59 Å². The van der Waals surface area contributed by atoms with Gasteiger partial charge in [0.1, 0.15) is 22.8 Å². The van der Waals surface area contributed by atoms with Crippen molar-refractivity contribution in [1.29, 1.82) is 0 Å². The van der Waals surface area contributed by atoms with Crippen LogP contribution in [-0.2, 0) is 28.9 Å². The summed E-state index contributed by atoms with van der Waals surface area (Å²) >= 11 is 0. The second kappa shape index (κ2) is 9.26. The predicted molar refractivity (Wildman–Crippen MR) is 155 cm³/mol. The molecule has 1 atom stereocenters. The van der Waals surface area contributed by atoms with Gasteiger partial charge in [0.15, 0.2) is 0 Å². The number of rotatable bonds is 4. The van der Waals surface area contributed by atoms with Crippen LogP contribution in [0.25, 0.3) is 33.5 Å². The topological polar surface area (TPSA) is 99.4 Å². The molecule has 1 spiro atoms. The number of H-pyrrole nitrogens is 1. The van der Waals surface area contributed by atoms with Crippen molar-refractivity contribution in [2.24, 2.45) is 0 Å². The van der Waals surface area contributed by atoms with Gasteiger partial charge in [-0.25, -0.2) is 9.78 Å². The predicted octanol–water partition coefficient (Wildman–Crippen LogP) is 5.29. The quantitative estimate of drug-likeness (QED) is 0.330. The molecule has 0 radical (unpaired) electrons. The maximum absolute atomic E-state index is 12.8. The molecule has 204 valence electrons. The first-order chi connectivity index (χ1) is 19.0. The molecule has 0 saturated carbocycles. The Morgan fingerprint density at radius 1 is 1.07 bits per heavy atom. The van der Waals surface area contributed by atoms with E-state index in [4.69, 9.17) is 9.72 Å². The number of carbonyl (C=O) groups excluding carboxylic acids is 2. The lowest BCUT2D eigenvalue weighted by atomic mass is 9.94. The third kappa shape index (κ3) is 4.49. The van der Waals surface area contributed by atoms with Crippen LogP contribution in [0.4, 0.5) is 4.79 Å². The van der Waals surface area contributed by atoms with Crippen molar-refractivity contribution in [2.45, 2.75) is 51.3 Å². The molecular formula is C32H33N5O3. The largest absolute Gasteiger partial charge is 0.444 e. The molecule has 2 heterocycles. The number of alkyl carbamates (subject to hydrolysis) is 1. The van der Waals surface area contributed by atoms with Crippen molar-refractivity contribution in [3.63, 3.8) is 0 Å². The number of benzene rings is 3. The van der Waals surface area contributed by atoms with E-state index in [1.165, 1.54) is 0 Å². The minimum absolute atomic E-state index is 0.00999. The van der Waals surface area contributed by atoms with Gasteiger partial charge in [-0.15, -0.1) is 0 Å². The van der Waals surface area contributed by atoms with Gasteiger partial charge in [0.05, 0.1) is 11.0 Å². The molecule has 4 aromatic rings. The maximum Gasteiger partial charge on any atom is 0.407 e. The second-order valence-corrected chi connectivity index (χ2v) is 11.7. The number of fused-ring (bicyclic) bond motifs is 2. The molecule has 3 N–H and O–H groups in total. The van der Waals surface area contributed by atoms with Crippen molar-refractivity contribution in [1.82, 2.24) is 25.5 Å². The average Bonchev–Trinajstić information content (AvgIpc) is 3.55. The summed E-state index contributed by atoms with van der Waals surface area (Å²) in [6.45, 7) is 9.88. The number of aromatic nitrogens is 2. The minimum Gasteiger partial charge on any atom is -0.444 e. The number of ether oxygens (including phenoxy) is 1. The Kier molecular flexibility index (Phi) is 5.94. The van der Waals surface area contributed by atoms with Gasteiger partial charge in [-0.2, -0.15) is 0 Å². The summed E-state index contributed by atoms with van der Waals surface area (Å²) < 4.78 is 5.37. The summed E-state index contributed by atoms with van der Waals surface area (Å²) in [7, 11) is 1.92. The molecule has 2 amide bonds. The molecule has 1 aliphatic heterocycles. The lowest BCUT2D eigenvalue weighted by molar-refractivity contribution is -0.125. The number of aromatic amines is 1. The van der Waals surface area contributed by atoms with Crippen LogP contribution >= 0.6 is 0 Å². The standard InChI is InChI=1S/C32H33N5O3/c1-19-34-29(38)32(37(19)5)16-23-14-26-27(15-24(23)17-32)36-28(35-26)21-12-10-20(11-13-21)25-9-7-6-8-22(25)18-33-30(39)40-31(2,3)4/h6-15H,1,16-18H2,2-5H3,(H,33,39)(H,34,38)(H,35,36). The summed E-state index contributed by atoms with van der Waals surface area (Å²) in [6, 6.07) is 20.5. The van der Waals surface area contributed by atoms with E-state index < -0.39 is 17.2 Å². The van der Waals surface area contributed by atoms with E-state index in [1.54, 1.807) is 0 Å². The Morgan fingerprint density at radius 2 is 1.75 bits per heavy atom. The van der Waals surface area contributed by atoms with Gasteiger partial charge in [-0.05, 0) is 60.7 Å². The van der Waals surface area contributed by atoms with Crippen molar-refractivity contribution < 1.29 is 14.3 Å². The molecular weight excluding hydrogens is 502 g/mol. The molecule has 1 aromatic heterocycles. The van der Waals surface area contributed by atoms with Crippen molar-refractivity contribution in [2.75, 3.05) is 7.05 Å². The molecule has 6 rings (SSSR count). The van der Waals surface area contributed by atoms with Gasteiger partial charge in [-0.3, -0.25) is 4.79 Å². The zero-order chi connectivity index (χ0) is 28.2. The maximum atomic E-state index is 12.8. The van der Waals surface area contributed by atoms with Gasteiger partial charge in [-0.1, -0.05) is 55.1 Å². The second-order valence-electron chi connectivity index (χ2n) is 11.7. The smallest absolute Gasteiger partial charge is 0.407 e. The molecule has 8 heteroatoms. The first-order valence-electron chi connectivity index (χ1n) is 13.4. The lowest BCUT2D eigenvalue weighted by Gasteiger charge is -2.29. The number of amides is 2. The van der Waals surface area contributed by atoms with Crippen LogP contribution in [0.3, 0.4) is 0 Å². The minimum atomic E-state index is -0.602. The van der Waals surface area contributed by atoms with Gasteiger partial charge in [0.2, 0.25) is 0 Å². The van der Waals surface area contributed by atoms with Crippen LogP contribution in [0, 0.1) is 0 Å². The Balaban J connectivity index is 1.21. The SMILES string of the molecule is C=C1NC(=O)C2(Cc3cc4nc(-c5ccc(-c6ccccc6CNC(=O)OC(C)(C)C)cc5)[nH]c4cc3C2)N1C. The number of nitrogens with zero attached hydrogens (tertiary/aromatic N) is 2. The summed E-state index contributed by atoms with van der Waals surface area (Å²) in [4.78, 5) is 35.2. The summed E-state index contributed by atoms with van der Waals surface area (Å²) in [6.07, 6.45) is 0.844. The molecule has 1 unspecified atom stereocenters. The van der Waals surface area contributed by atoms with Gasteiger partial charge >= 0.3 is 6.09 Å². The summed E-state index contributed by atoms with van der Waals surface area (Å²) in [5.41, 5.74) is 7.07. The molecule has 40 heavy (non-hydrogen) atoms. The van der Waals surface area contributed by atoms with E-state index >= 15 is 0 Å². The van der Waals surface area contributed by atoms with E-state index in [0.717, 1.165) is 50.2 Å². The van der Waals surface area contributed by atoms with E-state index in [2.05, 4.69) is 58.6 Å². The first-order valence-corrected chi connectivity index (χ1v) is 13.4. The fraction of sp³-hybridized carbons (Fsp3) is 0.281. The van der Waals surface area contributed by atoms with Crippen LogP contribution in [-0.4, -0.2) is 45.1 Å². The zero-order valence-electron chi connectivity index (χ0n) is 23.2. The highest BCUT2D eigenvalue weighted by Crippen LogP contribution is 2.40. The number of likely N-dealkylation sites (N-methyl/N-ethyl adjacent to an activating group) is 1. The number of carbonyl (C=O) groups is 2. The zero-order valence-corrected chi connectivity index (χ0v) is 23.2. The normalized spacial score (nSPS) is 15.9. The Bertz CT molecular complexity index is 1620. The Morgan fingerprint density at radius 3 is 2.42 bits per heavy atom. The van der Waals surface area contributed by atoms with E-state index in [1.807, 2.05) is 57.0 Å². The third-order valence-electron chi connectivity index (χ3n) is 7.81. The molecule has 3 aromatic carbocycles. The highest BCUT2D eigenvalue weighted by Gasteiger charge is 2.52. The fourth-order valence-corrected chi connectivity index (χ4v) is 5.69. The number of hydrogen-bond donors (Lipinski definition) is 3. The van der Waals surface area contributed by atoms with Crippen LogP contribution < -0.4 is 10.6 Å². The molecule has 1 aliphatic carbocycles. The van der Waals surface area contributed by atoms with E-state index in [0.29, 0.717) is 25.2 Å². The summed E-state index contributed by atoms with van der Waals surface area (Å²) in [5.74, 6) is 1.45. The third-order valence-corrected chi connectivity index (χ3v) is 7.81. The van der Waals surface area contributed by atoms with Crippen LogP contribution in [0.5, 0.6) is 0 Å². The molecule has 2 aliphatic rings. The molecule has 0 bridgehead atoms. The van der Waals surface area contributed by atoms with Crippen molar-refractivity contribution in [3.8, 4) is 22.5 Å². The Labute approximate surface area is 233 Å². The van der Waals surface area contributed by atoms with Gasteiger partial charge in [0.25, 0.3) is 5.91 Å². The van der Waals surface area contributed by atoms with Crippen molar-refractivity contribution >= 4 is 23.0 Å². The number of imidazole rings is 1. The van der Waals surface area contributed by atoms with Crippen LogP contribution in [0.1, 0.15) is 37.5 Å². The van der Waals surface area contributed by atoms with Crippen molar-refractivity contribution in [3.05, 3.63) is 89.8 Å². The molecule has 8 nitrogen and oxygen atoms in total. The fourth-order valence-electron chi connectivity index (χ4n) is 5.69. The summed E-state index contributed by atoms with van der Waals surface area (Å²) in [5, 5.41) is 5.74. The number of hydrogen-bond acceptors (Lipinski definition) is 5. The van der Waals surface area contributed by atoms with Gasteiger partial charge < -0.3 is 25.3 Å². The highest BCUT2D eigenvalue weighted by atomic mass is 16.6. The van der Waals surface area contributed by atoms with E-state index in [-0.39, 0.29) is 5.91 Å². The number of nitrogens with one attached hydrogen (secondary N) is 3. The lowest BCUT2D eigenvalue weighted by Crippen LogP contribution is -2.47. The molecule has 1 fully saturated rings. The first kappa shape index (κ1) is 25.7. The molecule has 1 saturated heterocycles. The van der Waals surface area contributed by atoms with Crippen LogP contribution in [0.15, 0.2) is 73.1 Å². The van der Waals surface area contributed by atoms with Crippen LogP contribution in [0.2, 0.25) is 0 Å². The average molecular weight is 536 g/mol. The monoisotopic (exact) mass is 535 g/mol.